The number of halogens is 2. The summed E-state index contributed by atoms with van der Waals surface area (Å²) in [5, 5.41) is 0. The molecular formula is C10H12F2O2. The lowest BCUT2D eigenvalue weighted by atomic mass is 9.67. The fraction of sp³-hybridized carbons (Fsp3) is 1.00. The quantitative estimate of drug-likeness (QED) is 0.594. The molecule has 14 heavy (non-hydrogen) atoms. The standard InChI is InChI=1S/C10H12F2O2/c11-10(12)7-3-6-5(8(7)10)4-9(6)13-1-2-14-9/h5-8H,1-4H2/t5-,6-,7?,8?/m1/s1. The SMILES string of the molecule is FC1(F)C2C[C@@H]3[C@@H](CC34OCCO4)C21. The van der Waals surface area contributed by atoms with Crippen molar-refractivity contribution < 1.29 is 18.3 Å². The van der Waals surface area contributed by atoms with Crippen molar-refractivity contribution in [2.45, 2.75) is 24.6 Å². The monoisotopic (exact) mass is 202 g/mol. The molecular weight excluding hydrogens is 190 g/mol. The Hall–Kier alpha value is -0.220. The normalized spacial score (nSPS) is 55.3. The average molecular weight is 202 g/mol. The first kappa shape index (κ1) is 7.99. The third-order valence-electron chi connectivity index (χ3n) is 4.61. The summed E-state index contributed by atoms with van der Waals surface area (Å²) in [4.78, 5) is 0. The average Bonchev–Trinajstić information content (AvgIpc) is 2.60. The second-order valence-electron chi connectivity index (χ2n) is 5.03. The number of fused-ring (bicyclic) bond motifs is 4. The van der Waals surface area contributed by atoms with Crippen LogP contribution in [0, 0.1) is 23.7 Å². The van der Waals surface area contributed by atoms with Gasteiger partial charge in [0.25, 0.3) is 5.92 Å². The molecule has 0 bridgehead atoms. The van der Waals surface area contributed by atoms with Gasteiger partial charge in [-0.3, -0.25) is 0 Å². The van der Waals surface area contributed by atoms with Crippen LogP contribution in [0.3, 0.4) is 0 Å². The van der Waals surface area contributed by atoms with Gasteiger partial charge in [-0.1, -0.05) is 0 Å². The molecule has 4 atom stereocenters. The van der Waals surface area contributed by atoms with Crippen LogP contribution in [0.2, 0.25) is 0 Å². The summed E-state index contributed by atoms with van der Waals surface area (Å²) >= 11 is 0. The fourth-order valence-electron chi connectivity index (χ4n) is 3.90. The van der Waals surface area contributed by atoms with Crippen LogP contribution >= 0.6 is 0 Å². The van der Waals surface area contributed by atoms with Crippen molar-refractivity contribution in [1.29, 1.82) is 0 Å². The molecule has 1 spiro atoms. The van der Waals surface area contributed by atoms with E-state index in [1.807, 2.05) is 0 Å². The number of rotatable bonds is 0. The Labute approximate surface area is 80.6 Å². The highest BCUT2D eigenvalue weighted by Crippen LogP contribution is 2.76. The lowest BCUT2D eigenvalue weighted by Crippen LogP contribution is -2.54. The number of alkyl halides is 2. The smallest absolute Gasteiger partial charge is 0.254 e. The summed E-state index contributed by atoms with van der Waals surface area (Å²) in [6, 6.07) is 0. The van der Waals surface area contributed by atoms with Gasteiger partial charge in [0.2, 0.25) is 0 Å². The Bertz CT molecular complexity index is 298. The number of hydrogen-bond donors (Lipinski definition) is 0. The highest BCUT2D eigenvalue weighted by Gasteiger charge is 2.82. The van der Waals surface area contributed by atoms with Gasteiger partial charge in [-0.25, -0.2) is 8.78 Å². The van der Waals surface area contributed by atoms with E-state index in [4.69, 9.17) is 9.47 Å². The van der Waals surface area contributed by atoms with Gasteiger partial charge in [-0.05, 0) is 12.3 Å². The van der Waals surface area contributed by atoms with Crippen molar-refractivity contribution in [3.05, 3.63) is 0 Å². The minimum atomic E-state index is -2.36. The van der Waals surface area contributed by atoms with Crippen LogP contribution in [0.5, 0.6) is 0 Å². The molecule has 0 N–H and O–H groups in total. The molecule has 1 heterocycles. The third-order valence-corrected chi connectivity index (χ3v) is 4.61. The van der Waals surface area contributed by atoms with E-state index in [0.717, 1.165) is 0 Å². The second kappa shape index (κ2) is 2.00. The number of hydrogen-bond acceptors (Lipinski definition) is 2. The summed E-state index contributed by atoms with van der Waals surface area (Å²) < 4.78 is 37.3. The van der Waals surface area contributed by atoms with E-state index in [9.17, 15) is 8.78 Å². The van der Waals surface area contributed by atoms with Crippen molar-refractivity contribution >= 4 is 0 Å². The van der Waals surface area contributed by atoms with Crippen LogP contribution in [-0.2, 0) is 9.47 Å². The molecule has 4 aliphatic rings. The Morgan fingerprint density at radius 2 is 1.79 bits per heavy atom. The summed E-state index contributed by atoms with van der Waals surface area (Å²) in [6.45, 7) is 1.27. The van der Waals surface area contributed by atoms with Crippen molar-refractivity contribution in [2.24, 2.45) is 23.7 Å². The Balaban J connectivity index is 1.58. The van der Waals surface area contributed by atoms with Crippen molar-refractivity contribution in [1.82, 2.24) is 0 Å². The molecule has 0 aromatic rings. The van der Waals surface area contributed by atoms with Crippen LogP contribution in [0.1, 0.15) is 12.8 Å². The minimum absolute atomic E-state index is 0.174. The largest absolute Gasteiger partial charge is 0.347 e. The first-order chi connectivity index (χ1) is 6.65. The summed E-state index contributed by atoms with van der Waals surface area (Å²) in [5.74, 6) is -3.06. The molecule has 0 aromatic heterocycles. The lowest BCUT2D eigenvalue weighted by molar-refractivity contribution is -0.279. The first-order valence-corrected chi connectivity index (χ1v) is 5.31. The molecule has 4 heteroatoms. The van der Waals surface area contributed by atoms with Crippen LogP contribution in [0.15, 0.2) is 0 Å². The van der Waals surface area contributed by atoms with Gasteiger partial charge in [0.05, 0.1) is 13.2 Å². The Morgan fingerprint density at radius 3 is 2.43 bits per heavy atom. The van der Waals surface area contributed by atoms with Gasteiger partial charge in [0, 0.05) is 24.2 Å². The summed E-state index contributed by atoms with van der Waals surface area (Å²) in [6.07, 6.45) is 1.32. The van der Waals surface area contributed by atoms with Gasteiger partial charge < -0.3 is 9.47 Å². The maximum atomic E-state index is 13.1. The molecule has 2 unspecified atom stereocenters. The molecule has 78 valence electrons. The van der Waals surface area contributed by atoms with Gasteiger partial charge in [0.15, 0.2) is 5.79 Å². The zero-order valence-corrected chi connectivity index (χ0v) is 7.71. The molecule has 0 aromatic carbocycles. The summed E-state index contributed by atoms with van der Waals surface area (Å²) in [5.41, 5.74) is 0. The molecule has 0 amide bonds. The molecule has 4 rings (SSSR count). The molecule has 1 aliphatic heterocycles. The zero-order chi connectivity index (χ0) is 9.55. The maximum Gasteiger partial charge on any atom is 0.254 e. The van der Waals surface area contributed by atoms with Crippen LogP contribution < -0.4 is 0 Å². The van der Waals surface area contributed by atoms with Gasteiger partial charge in [0.1, 0.15) is 0 Å². The molecule has 1 saturated heterocycles. The van der Waals surface area contributed by atoms with Crippen LogP contribution in [0.25, 0.3) is 0 Å². The predicted molar refractivity (Wildman–Crippen MR) is 42.8 cm³/mol. The third kappa shape index (κ3) is 0.653. The molecule has 0 radical (unpaired) electrons. The highest BCUT2D eigenvalue weighted by molar-refractivity contribution is 5.22. The Kier molecular flexibility index (Phi) is 1.14. The predicted octanol–water partition coefficient (Wildman–Crippen LogP) is 1.65. The minimum Gasteiger partial charge on any atom is -0.347 e. The van der Waals surface area contributed by atoms with Crippen molar-refractivity contribution in [2.75, 3.05) is 13.2 Å². The van der Waals surface area contributed by atoms with E-state index in [0.29, 0.717) is 26.1 Å². The van der Waals surface area contributed by atoms with Crippen LogP contribution in [-0.4, -0.2) is 24.9 Å². The van der Waals surface area contributed by atoms with Gasteiger partial charge >= 0.3 is 0 Å². The van der Waals surface area contributed by atoms with E-state index in [1.165, 1.54) is 0 Å². The topological polar surface area (TPSA) is 18.5 Å². The molecule has 3 saturated carbocycles. The molecule has 2 nitrogen and oxygen atoms in total. The van der Waals surface area contributed by atoms with Gasteiger partial charge in [-0.2, -0.15) is 0 Å². The van der Waals surface area contributed by atoms with Crippen LogP contribution in [0.4, 0.5) is 8.78 Å². The summed E-state index contributed by atoms with van der Waals surface area (Å²) in [7, 11) is 0. The second-order valence-corrected chi connectivity index (χ2v) is 5.03. The lowest BCUT2D eigenvalue weighted by Gasteiger charge is -2.49. The van der Waals surface area contributed by atoms with Crippen molar-refractivity contribution in [3.63, 3.8) is 0 Å². The Morgan fingerprint density at radius 1 is 1.07 bits per heavy atom. The first-order valence-electron chi connectivity index (χ1n) is 5.31. The maximum absolute atomic E-state index is 13.1. The fourth-order valence-corrected chi connectivity index (χ4v) is 3.90. The molecule has 3 aliphatic carbocycles. The van der Waals surface area contributed by atoms with E-state index >= 15 is 0 Å². The number of ether oxygens (including phenoxy) is 2. The van der Waals surface area contributed by atoms with E-state index < -0.39 is 11.7 Å². The van der Waals surface area contributed by atoms with Crippen molar-refractivity contribution in [3.8, 4) is 0 Å². The van der Waals surface area contributed by atoms with Gasteiger partial charge in [-0.15, -0.1) is 0 Å². The molecule has 4 fully saturated rings. The highest BCUT2D eigenvalue weighted by atomic mass is 19.3. The van der Waals surface area contributed by atoms with E-state index in [-0.39, 0.29) is 23.7 Å². The van der Waals surface area contributed by atoms with E-state index in [1.54, 1.807) is 0 Å². The zero-order valence-electron chi connectivity index (χ0n) is 7.71. The van der Waals surface area contributed by atoms with E-state index in [2.05, 4.69) is 0 Å².